The number of ether oxygens (including phenoxy) is 2. The molecule has 0 aliphatic carbocycles. The number of amides is 1. The van der Waals surface area contributed by atoms with Gasteiger partial charge >= 0.3 is 0 Å². The van der Waals surface area contributed by atoms with E-state index in [0.717, 1.165) is 24.3 Å². The lowest BCUT2D eigenvalue weighted by Crippen LogP contribution is -2.25. The molecule has 1 amide bonds. The largest absolute Gasteiger partial charge is 0.497 e. The van der Waals surface area contributed by atoms with Gasteiger partial charge in [-0.3, -0.25) is 4.79 Å². The summed E-state index contributed by atoms with van der Waals surface area (Å²) in [6.07, 6.45) is 1.45. The number of hydrogen-bond donors (Lipinski definition) is 1. The fraction of sp³-hybridized carbons (Fsp3) is 0.467. The molecule has 21 heavy (non-hydrogen) atoms. The Hall–Kier alpha value is -2.08. The molecule has 3 rings (SSSR count). The van der Waals surface area contributed by atoms with Gasteiger partial charge < -0.3 is 19.2 Å². The monoisotopic (exact) mass is 290 g/mol. The van der Waals surface area contributed by atoms with Crippen LogP contribution in [0.3, 0.4) is 0 Å². The van der Waals surface area contributed by atoms with Gasteiger partial charge in [0.1, 0.15) is 11.3 Å². The van der Waals surface area contributed by atoms with Gasteiger partial charge in [0.2, 0.25) is 11.8 Å². The molecule has 0 radical (unpaired) electrons. The molecule has 1 atom stereocenters. The van der Waals surface area contributed by atoms with E-state index < -0.39 is 0 Å². The molecule has 1 aromatic heterocycles. The molecular formula is C15H18N2O4. The van der Waals surface area contributed by atoms with Gasteiger partial charge in [0.15, 0.2) is 5.58 Å². The Morgan fingerprint density at radius 3 is 3.19 bits per heavy atom. The van der Waals surface area contributed by atoms with Gasteiger partial charge in [-0.25, -0.2) is 4.98 Å². The first kappa shape index (κ1) is 13.9. The second-order valence-electron chi connectivity index (χ2n) is 5.15. The lowest BCUT2D eigenvalue weighted by molar-refractivity contribution is -0.122. The number of nitrogens with one attached hydrogen (secondary N) is 1. The number of carbonyl (C=O) groups excluding carboxylic acids is 1. The zero-order valence-corrected chi connectivity index (χ0v) is 11.9. The Labute approximate surface area is 122 Å². The van der Waals surface area contributed by atoms with E-state index in [2.05, 4.69) is 10.3 Å². The zero-order valence-electron chi connectivity index (χ0n) is 11.9. The van der Waals surface area contributed by atoms with Crippen LogP contribution in [0.5, 0.6) is 5.75 Å². The molecule has 0 unspecified atom stereocenters. The molecule has 6 heteroatoms. The maximum atomic E-state index is 11.8. The Morgan fingerprint density at radius 1 is 1.52 bits per heavy atom. The van der Waals surface area contributed by atoms with E-state index in [1.165, 1.54) is 0 Å². The Morgan fingerprint density at radius 2 is 2.43 bits per heavy atom. The highest BCUT2D eigenvalue weighted by molar-refractivity contribution is 5.76. The summed E-state index contributed by atoms with van der Waals surface area (Å²) in [5.41, 5.74) is 1.41. The third-order valence-electron chi connectivity index (χ3n) is 3.57. The van der Waals surface area contributed by atoms with Crippen molar-refractivity contribution in [2.45, 2.75) is 19.4 Å². The number of carbonyl (C=O) groups is 1. The Kier molecular flexibility index (Phi) is 4.06. The molecule has 0 spiro atoms. The lowest BCUT2D eigenvalue weighted by Gasteiger charge is -2.06. The average Bonchev–Trinajstić information content (AvgIpc) is 3.12. The first-order valence-corrected chi connectivity index (χ1v) is 7.02. The van der Waals surface area contributed by atoms with E-state index in [4.69, 9.17) is 13.9 Å². The van der Waals surface area contributed by atoms with Gasteiger partial charge in [-0.2, -0.15) is 0 Å². The van der Waals surface area contributed by atoms with Crippen molar-refractivity contribution in [1.82, 2.24) is 10.3 Å². The van der Waals surface area contributed by atoms with Crippen molar-refractivity contribution in [3.05, 3.63) is 24.1 Å². The highest BCUT2D eigenvalue weighted by Crippen LogP contribution is 2.21. The van der Waals surface area contributed by atoms with E-state index in [-0.39, 0.29) is 5.91 Å². The van der Waals surface area contributed by atoms with Gasteiger partial charge in [0, 0.05) is 25.7 Å². The fourth-order valence-electron chi connectivity index (χ4n) is 2.41. The summed E-state index contributed by atoms with van der Waals surface area (Å²) in [6.45, 7) is 1.73. The number of aromatic nitrogens is 1. The van der Waals surface area contributed by atoms with Crippen LogP contribution in [0.4, 0.5) is 0 Å². The molecule has 6 nitrogen and oxygen atoms in total. The van der Waals surface area contributed by atoms with E-state index in [1.807, 2.05) is 12.1 Å². The van der Waals surface area contributed by atoms with E-state index in [9.17, 15) is 4.79 Å². The maximum Gasteiger partial charge on any atom is 0.220 e. The number of oxazole rings is 1. The van der Waals surface area contributed by atoms with Crippen LogP contribution in [0.1, 0.15) is 18.7 Å². The van der Waals surface area contributed by atoms with Gasteiger partial charge in [0.25, 0.3) is 0 Å². The van der Waals surface area contributed by atoms with Gasteiger partial charge in [-0.15, -0.1) is 0 Å². The highest BCUT2D eigenvalue weighted by atomic mass is 16.5. The van der Waals surface area contributed by atoms with Crippen molar-refractivity contribution in [2.75, 3.05) is 20.3 Å². The van der Waals surface area contributed by atoms with Crippen molar-refractivity contribution >= 4 is 17.0 Å². The van der Waals surface area contributed by atoms with Crippen LogP contribution >= 0.6 is 0 Å². The number of methoxy groups -OCH3 is 1. The highest BCUT2D eigenvalue weighted by Gasteiger charge is 2.19. The SMILES string of the molecule is COc1ccc2oc(CNC(=O)C[C@@H]3CCOC3)nc2c1. The summed E-state index contributed by atoms with van der Waals surface area (Å²) < 4.78 is 16.0. The van der Waals surface area contributed by atoms with Crippen LogP contribution in [-0.4, -0.2) is 31.2 Å². The second-order valence-corrected chi connectivity index (χ2v) is 5.15. The summed E-state index contributed by atoms with van der Waals surface area (Å²) in [7, 11) is 1.61. The van der Waals surface area contributed by atoms with Crippen LogP contribution in [0.25, 0.3) is 11.1 Å². The first-order chi connectivity index (χ1) is 10.2. The molecule has 0 saturated carbocycles. The van der Waals surface area contributed by atoms with Crippen molar-refractivity contribution in [1.29, 1.82) is 0 Å². The summed E-state index contributed by atoms with van der Waals surface area (Å²) in [6, 6.07) is 5.43. The number of nitrogens with zero attached hydrogens (tertiary/aromatic N) is 1. The molecule has 1 N–H and O–H groups in total. The third kappa shape index (κ3) is 3.33. The maximum absolute atomic E-state index is 11.8. The smallest absolute Gasteiger partial charge is 0.220 e. The fourth-order valence-corrected chi connectivity index (χ4v) is 2.41. The standard InChI is InChI=1S/C15H18N2O4/c1-19-11-2-3-13-12(7-11)17-15(21-13)8-16-14(18)6-10-4-5-20-9-10/h2-3,7,10H,4-6,8-9H2,1H3,(H,16,18)/t10-/m0/s1. The Balaban J connectivity index is 1.58. The first-order valence-electron chi connectivity index (χ1n) is 7.02. The normalized spacial score (nSPS) is 18.0. The summed E-state index contributed by atoms with van der Waals surface area (Å²) in [4.78, 5) is 16.2. The summed E-state index contributed by atoms with van der Waals surface area (Å²) in [5, 5.41) is 2.83. The second kappa shape index (κ2) is 6.13. The van der Waals surface area contributed by atoms with Crippen LogP contribution in [0.15, 0.2) is 22.6 Å². The van der Waals surface area contributed by atoms with Crippen LogP contribution in [0.2, 0.25) is 0 Å². The number of hydrogen-bond acceptors (Lipinski definition) is 5. The van der Waals surface area contributed by atoms with E-state index >= 15 is 0 Å². The molecule has 1 aliphatic rings. The van der Waals surface area contributed by atoms with Gasteiger partial charge in [-0.1, -0.05) is 0 Å². The minimum Gasteiger partial charge on any atom is -0.497 e. The van der Waals surface area contributed by atoms with Crippen molar-refractivity contribution < 1.29 is 18.7 Å². The van der Waals surface area contributed by atoms with E-state index in [1.54, 1.807) is 13.2 Å². The lowest BCUT2D eigenvalue weighted by atomic mass is 10.1. The van der Waals surface area contributed by atoms with Gasteiger partial charge in [0.05, 0.1) is 13.7 Å². The van der Waals surface area contributed by atoms with Crippen molar-refractivity contribution in [3.8, 4) is 5.75 Å². The molecule has 1 aliphatic heterocycles. The van der Waals surface area contributed by atoms with E-state index in [0.29, 0.717) is 37.0 Å². The molecule has 1 aromatic carbocycles. The molecule has 2 heterocycles. The quantitative estimate of drug-likeness (QED) is 0.910. The van der Waals surface area contributed by atoms with Gasteiger partial charge in [-0.05, 0) is 24.5 Å². The third-order valence-corrected chi connectivity index (χ3v) is 3.57. The molecular weight excluding hydrogens is 272 g/mol. The number of rotatable bonds is 5. The van der Waals surface area contributed by atoms with Crippen molar-refractivity contribution in [2.24, 2.45) is 5.92 Å². The minimum atomic E-state index is 0.00494. The minimum absolute atomic E-state index is 0.00494. The van der Waals surface area contributed by atoms with Crippen LogP contribution in [0, 0.1) is 5.92 Å². The number of fused-ring (bicyclic) bond motifs is 1. The summed E-state index contributed by atoms with van der Waals surface area (Å²) in [5.74, 6) is 1.56. The Bertz CT molecular complexity index is 632. The molecule has 1 saturated heterocycles. The van der Waals surface area contributed by atoms with Crippen LogP contribution in [-0.2, 0) is 16.1 Å². The average molecular weight is 290 g/mol. The molecule has 112 valence electrons. The van der Waals surface area contributed by atoms with Crippen molar-refractivity contribution in [3.63, 3.8) is 0 Å². The number of benzene rings is 1. The molecule has 2 aromatic rings. The molecule has 0 bridgehead atoms. The predicted octanol–water partition coefficient (Wildman–Crippen LogP) is 1.88. The van der Waals surface area contributed by atoms with Crippen LogP contribution < -0.4 is 10.1 Å². The molecule has 1 fully saturated rings. The summed E-state index contributed by atoms with van der Waals surface area (Å²) >= 11 is 0. The zero-order chi connectivity index (χ0) is 14.7. The predicted molar refractivity (Wildman–Crippen MR) is 76.0 cm³/mol. The topological polar surface area (TPSA) is 73.6 Å².